The van der Waals surface area contributed by atoms with E-state index in [1.165, 1.54) is 62.3 Å². The number of nitrogens with one attached hydrogen (secondary N) is 1. The van der Waals surface area contributed by atoms with Crippen LogP contribution in [0, 0.1) is 0 Å². The molecule has 1 N–H and O–H groups in total. The summed E-state index contributed by atoms with van der Waals surface area (Å²) < 4.78 is 1.92. The highest BCUT2D eigenvalue weighted by atomic mass is 32.2. The number of nitrogens with zero attached hydrogens (tertiary/aromatic N) is 4. The molecular weight excluding hydrogens is 458 g/mol. The maximum atomic E-state index is 4.72. The predicted molar refractivity (Wildman–Crippen MR) is 142 cm³/mol. The van der Waals surface area contributed by atoms with Crippen molar-refractivity contribution in [2.24, 2.45) is 7.05 Å². The molecule has 0 bridgehead atoms. The van der Waals surface area contributed by atoms with Crippen LogP contribution in [0.2, 0.25) is 0 Å². The van der Waals surface area contributed by atoms with Gasteiger partial charge in [-0.15, -0.1) is 11.3 Å². The number of aromatic nitrogens is 4. The van der Waals surface area contributed by atoms with Gasteiger partial charge in [0.15, 0.2) is 0 Å². The van der Waals surface area contributed by atoms with Crippen LogP contribution in [0.3, 0.4) is 0 Å². The zero-order valence-corrected chi connectivity index (χ0v) is 20.7. The number of hydrogen-bond donors (Lipinski definition) is 1. The van der Waals surface area contributed by atoms with Gasteiger partial charge >= 0.3 is 0 Å². The van der Waals surface area contributed by atoms with Crippen molar-refractivity contribution >= 4 is 34.0 Å². The Labute approximate surface area is 206 Å². The second-order valence-corrected chi connectivity index (χ2v) is 11.5. The van der Waals surface area contributed by atoms with E-state index in [-0.39, 0.29) is 0 Å². The Morgan fingerprint density at radius 2 is 1.82 bits per heavy atom. The Morgan fingerprint density at radius 3 is 2.68 bits per heavy atom. The smallest absolute Gasteiger partial charge is 0.0963 e. The summed E-state index contributed by atoms with van der Waals surface area (Å²) in [6.45, 7) is 3.47. The van der Waals surface area contributed by atoms with Gasteiger partial charge in [0.25, 0.3) is 0 Å². The summed E-state index contributed by atoms with van der Waals surface area (Å²) in [5.74, 6) is 2.52. The van der Waals surface area contributed by atoms with E-state index in [0.29, 0.717) is 0 Å². The van der Waals surface area contributed by atoms with Crippen molar-refractivity contribution in [3.8, 4) is 33.0 Å². The van der Waals surface area contributed by atoms with Gasteiger partial charge in [-0.25, -0.2) is 0 Å². The van der Waals surface area contributed by atoms with Crippen LogP contribution in [0.4, 0.5) is 0 Å². The molecule has 1 saturated heterocycles. The molecule has 2 aromatic carbocycles. The predicted octanol–water partition coefficient (Wildman–Crippen LogP) is 5.81. The van der Waals surface area contributed by atoms with E-state index in [0.717, 1.165) is 35.1 Å². The van der Waals surface area contributed by atoms with Gasteiger partial charge in [-0.1, -0.05) is 36.4 Å². The van der Waals surface area contributed by atoms with Gasteiger partial charge in [0.05, 0.1) is 23.1 Å². The van der Waals surface area contributed by atoms with Crippen LogP contribution in [0.15, 0.2) is 54.7 Å². The number of aryl methyl sites for hydroxylation is 1. The fourth-order valence-corrected chi connectivity index (χ4v) is 7.32. The van der Waals surface area contributed by atoms with Crippen molar-refractivity contribution in [3.05, 3.63) is 70.7 Å². The number of thiophene rings is 1. The normalized spacial score (nSPS) is 15.7. The zero-order chi connectivity index (χ0) is 22.6. The van der Waals surface area contributed by atoms with Crippen molar-refractivity contribution in [2.45, 2.75) is 13.0 Å². The second-order valence-electron chi connectivity index (χ2n) is 9.18. The van der Waals surface area contributed by atoms with Crippen LogP contribution in [-0.2, 0) is 20.0 Å². The molecule has 2 aliphatic rings. The highest BCUT2D eigenvalue weighted by molar-refractivity contribution is 7.99. The van der Waals surface area contributed by atoms with Crippen molar-refractivity contribution in [2.75, 3.05) is 24.6 Å². The van der Waals surface area contributed by atoms with Gasteiger partial charge in [0.2, 0.25) is 0 Å². The van der Waals surface area contributed by atoms with E-state index in [1.54, 1.807) is 0 Å². The third-order valence-electron chi connectivity index (χ3n) is 7.05. The van der Waals surface area contributed by atoms with Gasteiger partial charge < -0.3 is 0 Å². The minimum Gasteiger partial charge on any atom is -0.297 e. The number of fused-ring (bicyclic) bond motifs is 4. The standard InChI is InChI=1S/C27H25N5S2/c1-31-23-12-19(6-7-20(23)15-28-31)26-22-14-25-21(27(22)30-29-26)13-24(34-25)18-4-2-17(3-5-18)16-32-8-10-33-11-9-32/h2-7,12-13,15H,8-11,14,16H2,1H3,(H,29,30). The summed E-state index contributed by atoms with van der Waals surface area (Å²) in [6, 6.07) is 18.0. The number of hydrogen-bond acceptors (Lipinski definition) is 5. The van der Waals surface area contributed by atoms with Crippen molar-refractivity contribution < 1.29 is 0 Å². The Hall–Kier alpha value is -2.87. The molecule has 5 nitrogen and oxygen atoms in total. The molecule has 7 heteroatoms. The number of H-pyrrole nitrogens is 1. The number of benzene rings is 2. The first-order chi connectivity index (χ1) is 16.7. The Morgan fingerprint density at radius 1 is 1.00 bits per heavy atom. The fourth-order valence-electron chi connectivity index (χ4n) is 5.16. The summed E-state index contributed by atoms with van der Waals surface area (Å²) in [5.41, 5.74) is 9.85. The van der Waals surface area contributed by atoms with Crippen LogP contribution in [-0.4, -0.2) is 49.5 Å². The van der Waals surface area contributed by atoms with Gasteiger partial charge in [0, 0.05) is 76.4 Å². The molecule has 3 aromatic heterocycles. The lowest BCUT2D eigenvalue weighted by Crippen LogP contribution is -2.31. The lowest BCUT2D eigenvalue weighted by molar-refractivity contribution is 0.294. The SMILES string of the molecule is Cn1ncc2ccc(-c3n[nH]c4c3Cc3sc(-c5ccc(CN6CCSCC6)cc5)cc3-4)cc21. The second kappa shape index (κ2) is 8.12. The molecule has 0 spiro atoms. The molecule has 4 heterocycles. The summed E-state index contributed by atoms with van der Waals surface area (Å²) in [6.07, 6.45) is 2.85. The molecule has 1 fully saturated rings. The Bertz CT molecular complexity index is 1500. The molecule has 5 aromatic rings. The third-order valence-corrected chi connectivity index (χ3v) is 9.18. The van der Waals surface area contributed by atoms with Crippen molar-refractivity contribution in [1.29, 1.82) is 0 Å². The quantitative estimate of drug-likeness (QED) is 0.344. The lowest BCUT2D eigenvalue weighted by Gasteiger charge is -2.26. The van der Waals surface area contributed by atoms with Crippen LogP contribution in [0.1, 0.15) is 16.0 Å². The van der Waals surface area contributed by atoms with Gasteiger partial charge in [-0.2, -0.15) is 22.0 Å². The Balaban J connectivity index is 1.15. The minimum atomic E-state index is 0.940. The summed E-state index contributed by atoms with van der Waals surface area (Å²) >= 11 is 3.98. The maximum absolute atomic E-state index is 4.72. The maximum Gasteiger partial charge on any atom is 0.0963 e. The number of aromatic amines is 1. The summed E-state index contributed by atoms with van der Waals surface area (Å²) in [4.78, 5) is 5.33. The lowest BCUT2D eigenvalue weighted by atomic mass is 10.0. The highest BCUT2D eigenvalue weighted by Gasteiger charge is 2.28. The molecule has 0 unspecified atom stereocenters. The molecule has 34 heavy (non-hydrogen) atoms. The molecule has 0 saturated carbocycles. The van der Waals surface area contributed by atoms with Crippen LogP contribution in [0.25, 0.3) is 43.9 Å². The van der Waals surface area contributed by atoms with Crippen LogP contribution >= 0.6 is 23.1 Å². The molecule has 1 aliphatic carbocycles. The number of rotatable bonds is 4. The molecule has 0 amide bonds. The molecule has 170 valence electrons. The van der Waals surface area contributed by atoms with Gasteiger partial charge in [-0.3, -0.25) is 14.7 Å². The summed E-state index contributed by atoms with van der Waals surface area (Å²) in [5, 5.41) is 13.6. The molecular formula is C27H25N5S2. The summed E-state index contributed by atoms with van der Waals surface area (Å²) in [7, 11) is 1.99. The van der Waals surface area contributed by atoms with E-state index < -0.39 is 0 Å². The van der Waals surface area contributed by atoms with E-state index in [4.69, 9.17) is 5.10 Å². The molecule has 1 aliphatic heterocycles. The highest BCUT2D eigenvalue weighted by Crippen LogP contribution is 2.46. The largest absolute Gasteiger partial charge is 0.297 e. The topological polar surface area (TPSA) is 49.7 Å². The first-order valence-corrected chi connectivity index (χ1v) is 13.7. The average molecular weight is 484 g/mol. The first-order valence-electron chi connectivity index (χ1n) is 11.7. The van der Waals surface area contributed by atoms with Gasteiger partial charge in [-0.05, 0) is 23.3 Å². The fraction of sp³-hybridized carbons (Fsp3) is 0.259. The molecule has 0 atom stereocenters. The van der Waals surface area contributed by atoms with Gasteiger partial charge in [0.1, 0.15) is 0 Å². The molecule has 7 rings (SSSR count). The van der Waals surface area contributed by atoms with E-state index in [1.807, 2.05) is 29.3 Å². The van der Waals surface area contributed by atoms with E-state index >= 15 is 0 Å². The molecule has 0 radical (unpaired) electrons. The van der Waals surface area contributed by atoms with Crippen molar-refractivity contribution in [3.63, 3.8) is 0 Å². The Kier molecular flexibility index (Phi) is 4.89. The zero-order valence-electron chi connectivity index (χ0n) is 19.0. The third kappa shape index (κ3) is 3.42. The van der Waals surface area contributed by atoms with E-state index in [2.05, 4.69) is 75.4 Å². The minimum absolute atomic E-state index is 0.940. The first kappa shape index (κ1) is 20.5. The van der Waals surface area contributed by atoms with Crippen LogP contribution < -0.4 is 0 Å². The monoisotopic (exact) mass is 483 g/mol. The average Bonchev–Trinajstić information content (AvgIpc) is 3.62. The number of thioether (sulfide) groups is 1. The van der Waals surface area contributed by atoms with Crippen molar-refractivity contribution in [1.82, 2.24) is 24.9 Å². The van der Waals surface area contributed by atoms with E-state index in [9.17, 15) is 0 Å². The van der Waals surface area contributed by atoms with Crippen LogP contribution in [0.5, 0.6) is 0 Å².